The molecule has 4 aliphatic heterocycles. The number of pyridine rings is 1. The molecule has 1 unspecified atom stereocenters. The second-order valence-electron chi connectivity index (χ2n) is 11.7. The van der Waals surface area contributed by atoms with Crippen molar-refractivity contribution in [2.45, 2.75) is 44.1 Å². The normalized spacial score (nSPS) is 24.3. The van der Waals surface area contributed by atoms with Crippen molar-refractivity contribution in [1.29, 1.82) is 0 Å². The molecule has 0 aliphatic carbocycles. The monoisotopic (exact) mass is 605 g/mol. The number of fused-ring (bicyclic) bond motifs is 2. The Morgan fingerprint density at radius 1 is 1.15 bits per heavy atom. The van der Waals surface area contributed by atoms with E-state index < -0.39 is 23.6 Å². The number of aromatic nitrogens is 1. The van der Waals surface area contributed by atoms with Crippen LogP contribution in [-0.4, -0.2) is 101 Å². The molecule has 2 aromatic rings. The summed E-state index contributed by atoms with van der Waals surface area (Å²) in [5.41, 5.74) is -0.192. The summed E-state index contributed by atoms with van der Waals surface area (Å²) in [4.78, 5) is 38.9. The number of nitrogens with zero attached hydrogens (tertiary/aromatic N) is 5. The molecule has 0 bridgehead atoms. The van der Waals surface area contributed by atoms with E-state index in [9.17, 15) is 14.0 Å². The second kappa shape index (κ2) is 10.4. The number of carbonyl (C=O) groups is 2. The molecule has 0 radical (unpaired) electrons. The maximum atomic E-state index is 15.2. The van der Waals surface area contributed by atoms with Crippen LogP contribution in [-0.2, 0) is 4.79 Å². The quantitative estimate of drug-likeness (QED) is 0.480. The summed E-state index contributed by atoms with van der Waals surface area (Å²) >= 11 is 13.3. The minimum Gasteiger partial charge on any atom is -0.489 e. The Bertz CT molecular complexity index is 1410. The number of benzene rings is 1. The smallest absolute Gasteiger partial charge is 0.261 e. The fourth-order valence-corrected chi connectivity index (χ4v) is 6.98. The zero-order valence-electron chi connectivity index (χ0n) is 22.9. The van der Waals surface area contributed by atoms with Gasteiger partial charge in [-0.2, -0.15) is 0 Å². The highest BCUT2D eigenvalue weighted by atomic mass is 35.5. The number of alkyl halides is 1. The molecule has 0 saturated carbocycles. The number of hydrogen-bond donors (Lipinski definition) is 0. The van der Waals surface area contributed by atoms with Gasteiger partial charge in [-0.3, -0.25) is 14.5 Å². The highest BCUT2D eigenvalue weighted by Gasteiger charge is 2.48. The van der Waals surface area contributed by atoms with E-state index in [1.807, 2.05) is 18.7 Å². The van der Waals surface area contributed by atoms with E-state index in [0.717, 1.165) is 0 Å². The van der Waals surface area contributed by atoms with E-state index in [0.29, 0.717) is 45.0 Å². The second-order valence-corrected chi connectivity index (χ2v) is 12.5. The summed E-state index contributed by atoms with van der Waals surface area (Å²) in [6.45, 7) is 9.87. The molecule has 1 aromatic carbocycles. The number of amides is 2. The summed E-state index contributed by atoms with van der Waals surface area (Å²) in [5.74, 6) is -0.724. The number of likely N-dealkylation sites (tertiary alicyclic amines) is 1. The minimum atomic E-state index is -0.842. The number of anilines is 1. The molecule has 2 amide bonds. The largest absolute Gasteiger partial charge is 0.489 e. The molecule has 218 valence electrons. The third kappa shape index (κ3) is 4.73. The van der Waals surface area contributed by atoms with Gasteiger partial charge in [0.25, 0.3) is 5.91 Å². The number of hydrogen-bond acceptors (Lipinski definition) is 6. The molecule has 4 aliphatic rings. The molecule has 3 fully saturated rings. The van der Waals surface area contributed by atoms with Crippen LogP contribution in [0.25, 0.3) is 11.3 Å². The number of ether oxygens (including phenoxy) is 1. The fraction of sp³-hybridized carbons (Fsp3) is 0.483. The summed E-state index contributed by atoms with van der Waals surface area (Å²) in [6.07, 6.45) is 1.13. The van der Waals surface area contributed by atoms with E-state index in [4.69, 9.17) is 32.9 Å². The lowest BCUT2D eigenvalue weighted by Gasteiger charge is -2.40. The highest BCUT2D eigenvalue weighted by molar-refractivity contribution is 6.37. The molecule has 12 heteroatoms. The first-order chi connectivity index (χ1) is 19.5. The van der Waals surface area contributed by atoms with Gasteiger partial charge in [-0.1, -0.05) is 35.8 Å². The van der Waals surface area contributed by atoms with E-state index in [1.54, 1.807) is 15.9 Å². The summed E-state index contributed by atoms with van der Waals surface area (Å²) in [7, 11) is 0. The van der Waals surface area contributed by atoms with Crippen molar-refractivity contribution in [2.75, 3.05) is 50.8 Å². The highest BCUT2D eigenvalue weighted by Crippen LogP contribution is 2.48. The molecular weight excluding hydrogens is 575 g/mol. The van der Waals surface area contributed by atoms with Crippen LogP contribution >= 0.6 is 23.2 Å². The number of rotatable bonds is 4. The van der Waals surface area contributed by atoms with Gasteiger partial charge in [-0.15, -0.1) is 0 Å². The van der Waals surface area contributed by atoms with Gasteiger partial charge < -0.3 is 19.4 Å². The van der Waals surface area contributed by atoms with Crippen LogP contribution in [0.5, 0.6) is 5.75 Å². The van der Waals surface area contributed by atoms with Crippen LogP contribution in [0.15, 0.2) is 30.9 Å². The zero-order valence-corrected chi connectivity index (χ0v) is 24.4. The van der Waals surface area contributed by atoms with Gasteiger partial charge >= 0.3 is 0 Å². The standard InChI is InChI=1S/C29H31Cl2F2N5O3/c1-4-21(39)35-8-9-37-18(13-35)15-41-26-23(28(37)40)27(34-25(24(26)31)22-19(30)6-5-7-20(22)33)38-14-17(10-29(38,2)3)36-11-16(32)12-36/h4-7,16-18H,1,8-15H2,2-3H3/t17?,18-/m1/s1. The number of halogens is 4. The first-order valence-corrected chi connectivity index (χ1v) is 14.4. The third-order valence-corrected chi connectivity index (χ3v) is 9.30. The van der Waals surface area contributed by atoms with Gasteiger partial charge in [0.15, 0.2) is 5.75 Å². The SMILES string of the molecule is C=CC(=O)N1CCN2C(=O)c3c(N4CC(N5CC(F)C5)CC4(C)C)nc(-c4c(F)cccc4Cl)c(Cl)c3OC[C@H]2C1. The molecule has 2 atom stereocenters. The molecule has 0 spiro atoms. The Labute approximate surface area is 247 Å². The molecule has 1 aromatic heterocycles. The van der Waals surface area contributed by atoms with Crippen molar-refractivity contribution in [3.8, 4) is 17.0 Å². The Kier molecular flexibility index (Phi) is 7.15. The average Bonchev–Trinajstić information content (AvgIpc) is 3.15. The van der Waals surface area contributed by atoms with Crippen LogP contribution in [0.1, 0.15) is 30.6 Å². The van der Waals surface area contributed by atoms with Crippen molar-refractivity contribution in [3.05, 3.63) is 52.3 Å². The predicted molar refractivity (Wildman–Crippen MR) is 153 cm³/mol. The van der Waals surface area contributed by atoms with Crippen molar-refractivity contribution in [3.63, 3.8) is 0 Å². The minimum absolute atomic E-state index is 0.0143. The van der Waals surface area contributed by atoms with Crippen molar-refractivity contribution < 1.29 is 23.1 Å². The van der Waals surface area contributed by atoms with Gasteiger partial charge in [-0.25, -0.2) is 13.8 Å². The van der Waals surface area contributed by atoms with Gasteiger partial charge in [0.1, 0.15) is 35.0 Å². The first kappa shape index (κ1) is 28.2. The van der Waals surface area contributed by atoms with Crippen molar-refractivity contribution >= 4 is 40.8 Å². The van der Waals surface area contributed by atoms with Crippen molar-refractivity contribution in [2.24, 2.45) is 0 Å². The van der Waals surface area contributed by atoms with Crippen LogP contribution in [0.4, 0.5) is 14.6 Å². The Morgan fingerprint density at radius 3 is 2.59 bits per heavy atom. The van der Waals surface area contributed by atoms with Gasteiger partial charge in [-0.05, 0) is 38.5 Å². The zero-order chi connectivity index (χ0) is 29.2. The van der Waals surface area contributed by atoms with Crippen molar-refractivity contribution in [1.82, 2.24) is 19.7 Å². The molecule has 41 heavy (non-hydrogen) atoms. The van der Waals surface area contributed by atoms with E-state index >= 15 is 4.39 Å². The Balaban J connectivity index is 1.49. The van der Waals surface area contributed by atoms with E-state index in [1.165, 1.54) is 18.2 Å². The van der Waals surface area contributed by atoms with Gasteiger partial charge in [0.05, 0.1) is 22.3 Å². The van der Waals surface area contributed by atoms with Crippen LogP contribution in [0.3, 0.4) is 0 Å². The Morgan fingerprint density at radius 2 is 1.90 bits per heavy atom. The lowest BCUT2D eigenvalue weighted by atomic mass is 9.97. The van der Waals surface area contributed by atoms with Crippen LogP contribution in [0.2, 0.25) is 10.0 Å². The first-order valence-electron chi connectivity index (χ1n) is 13.7. The number of carbonyl (C=O) groups excluding carboxylic acids is 2. The molecule has 8 nitrogen and oxygen atoms in total. The molecule has 0 N–H and O–H groups in total. The lowest BCUT2D eigenvalue weighted by Crippen LogP contribution is -2.57. The topological polar surface area (TPSA) is 69.2 Å². The summed E-state index contributed by atoms with van der Waals surface area (Å²) in [5, 5.41) is 0.105. The maximum absolute atomic E-state index is 15.2. The summed E-state index contributed by atoms with van der Waals surface area (Å²) in [6, 6.07) is 3.93. The van der Waals surface area contributed by atoms with E-state index in [-0.39, 0.29) is 63.6 Å². The lowest BCUT2D eigenvalue weighted by molar-refractivity contribution is -0.128. The van der Waals surface area contributed by atoms with Crippen LogP contribution in [0, 0.1) is 5.82 Å². The molecule has 6 rings (SSSR count). The fourth-order valence-electron chi connectivity index (χ4n) is 6.44. The summed E-state index contributed by atoms with van der Waals surface area (Å²) < 4.78 is 35.2. The van der Waals surface area contributed by atoms with Crippen LogP contribution < -0.4 is 9.64 Å². The molecule has 5 heterocycles. The molecule has 3 saturated heterocycles. The van der Waals surface area contributed by atoms with Gasteiger partial charge in [0, 0.05) is 50.8 Å². The third-order valence-electron chi connectivity index (χ3n) is 8.64. The molecular formula is C29H31Cl2F2N5O3. The number of piperazine rings is 1. The average molecular weight is 607 g/mol. The van der Waals surface area contributed by atoms with Gasteiger partial charge in [0.2, 0.25) is 5.91 Å². The van der Waals surface area contributed by atoms with E-state index in [2.05, 4.69) is 11.5 Å². The maximum Gasteiger partial charge on any atom is 0.261 e. The Hall–Kier alpha value is -2.95. The predicted octanol–water partition coefficient (Wildman–Crippen LogP) is 4.44.